The molecule has 1 aromatic heterocycles. The van der Waals surface area contributed by atoms with E-state index in [2.05, 4.69) is 0 Å². The van der Waals surface area contributed by atoms with Crippen LogP contribution in [0.1, 0.15) is 13.3 Å². The standard InChI is InChI=1S/C21H23N3O4/c1-4-12-22(2)19(25)14-23-18-11-6-5-10-17(18)20(26)24(21(23)27)15-8-7-9-16(13-15)28-3/h5-11,13H,4,12,14H2,1-3H3. The van der Waals surface area contributed by atoms with Gasteiger partial charge in [-0.15, -0.1) is 0 Å². The van der Waals surface area contributed by atoms with Gasteiger partial charge in [-0.1, -0.05) is 25.1 Å². The number of carbonyl (C=O) groups is 1. The van der Waals surface area contributed by atoms with E-state index in [0.717, 1.165) is 11.0 Å². The fourth-order valence-corrected chi connectivity index (χ4v) is 3.17. The summed E-state index contributed by atoms with van der Waals surface area (Å²) in [5.41, 5.74) is -0.159. The van der Waals surface area contributed by atoms with Crippen LogP contribution in [0.4, 0.5) is 0 Å². The van der Waals surface area contributed by atoms with Crippen LogP contribution in [0.2, 0.25) is 0 Å². The van der Waals surface area contributed by atoms with E-state index in [1.165, 1.54) is 11.7 Å². The van der Waals surface area contributed by atoms with Gasteiger partial charge in [-0.05, 0) is 30.7 Å². The first-order valence-electron chi connectivity index (χ1n) is 9.11. The normalized spacial score (nSPS) is 10.8. The number of likely N-dealkylation sites (N-methyl/N-ethyl adjacent to an activating group) is 1. The third-order valence-electron chi connectivity index (χ3n) is 4.64. The van der Waals surface area contributed by atoms with E-state index in [1.807, 2.05) is 6.92 Å². The highest BCUT2D eigenvalue weighted by Crippen LogP contribution is 2.15. The van der Waals surface area contributed by atoms with Gasteiger partial charge in [0.1, 0.15) is 12.3 Å². The Morgan fingerprint density at radius 1 is 1.11 bits per heavy atom. The van der Waals surface area contributed by atoms with Gasteiger partial charge in [-0.3, -0.25) is 14.2 Å². The van der Waals surface area contributed by atoms with Crippen LogP contribution in [0.25, 0.3) is 16.6 Å². The van der Waals surface area contributed by atoms with E-state index in [9.17, 15) is 14.4 Å². The molecule has 0 radical (unpaired) electrons. The van der Waals surface area contributed by atoms with Gasteiger partial charge in [-0.25, -0.2) is 9.36 Å². The van der Waals surface area contributed by atoms with E-state index in [0.29, 0.717) is 28.9 Å². The Bertz CT molecular complexity index is 1130. The van der Waals surface area contributed by atoms with Gasteiger partial charge in [0.05, 0.1) is 23.7 Å². The van der Waals surface area contributed by atoms with Gasteiger partial charge in [0, 0.05) is 19.7 Å². The zero-order chi connectivity index (χ0) is 20.3. The third kappa shape index (κ3) is 3.55. The summed E-state index contributed by atoms with van der Waals surface area (Å²) in [6.45, 7) is 2.44. The van der Waals surface area contributed by atoms with Gasteiger partial charge in [0.25, 0.3) is 5.56 Å². The molecular weight excluding hydrogens is 358 g/mol. The van der Waals surface area contributed by atoms with Crippen LogP contribution in [-0.2, 0) is 11.3 Å². The molecule has 0 N–H and O–H groups in total. The molecule has 7 nitrogen and oxygen atoms in total. The molecule has 146 valence electrons. The molecule has 0 aliphatic carbocycles. The van der Waals surface area contributed by atoms with E-state index in [1.54, 1.807) is 60.5 Å². The maximum atomic E-state index is 13.2. The van der Waals surface area contributed by atoms with E-state index in [4.69, 9.17) is 4.74 Å². The Morgan fingerprint density at radius 2 is 1.86 bits per heavy atom. The smallest absolute Gasteiger partial charge is 0.336 e. The van der Waals surface area contributed by atoms with Crippen molar-refractivity contribution in [3.8, 4) is 11.4 Å². The van der Waals surface area contributed by atoms with Crippen LogP contribution in [0.15, 0.2) is 58.1 Å². The monoisotopic (exact) mass is 381 g/mol. The SMILES string of the molecule is CCCN(C)C(=O)Cn1c(=O)n(-c2cccc(OC)c2)c(=O)c2ccccc21. The lowest BCUT2D eigenvalue weighted by Gasteiger charge is -2.19. The molecule has 0 bridgehead atoms. The zero-order valence-corrected chi connectivity index (χ0v) is 16.2. The number of hydrogen-bond acceptors (Lipinski definition) is 4. The highest BCUT2D eigenvalue weighted by Gasteiger charge is 2.18. The minimum absolute atomic E-state index is 0.139. The molecular formula is C21H23N3O4. The van der Waals surface area contributed by atoms with Crippen molar-refractivity contribution in [2.24, 2.45) is 0 Å². The predicted molar refractivity (Wildman–Crippen MR) is 108 cm³/mol. The second-order valence-corrected chi connectivity index (χ2v) is 6.54. The van der Waals surface area contributed by atoms with Crippen LogP contribution in [-0.4, -0.2) is 40.6 Å². The number of amides is 1. The van der Waals surface area contributed by atoms with Crippen LogP contribution in [0, 0.1) is 0 Å². The number of rotatable bonds is 6. The molecule has 1 amide bonds. The van der Waals surface area contributed by atoms with Crippen LogP contribution < -0.4 is 16.0 Å². The Hall–Kier alpha value is -3.35. The Labute approximate surface area is 162 Å². The molecule has 28 heavy (non-hydrogen) atoms. The molecule has 0 saturated carbocycles. The molecule has 0 aliphatic heterocycles. The van der Waals surface area contributed by atoms with Gasteiger partial charge < -0.3 is 9.64 Å². The number of methoxy groups -OCH3 is 1. The Kier molecular flexibility index (Phi) is 5.63. The number of benzene rings is 2. The number of ether oxygens (including phenoxy) is 1. The van der Waals surface area contributed by atoms with Crippen molar-refractivity contribution in [2.45, 2.75) is 19.9 Å². The zero-order valence-electron chi connectivity index (χ0n) is 16.2. The fourth-order valence-electron chi connectivity index (χ4n) is 3.17. The second-order valence-electron chi connectivity index (χ2n) is 6.54. The minimum Gasteiger partial charge on any atom is -0.497 e. The Morgan fingerprint density at radius 3 is 2.57 bits per heavy atom. The molecule has 0 spiro atoms. The average Bonchev–Trinajstić information content (AvgIpc) is 2.71. The van der Waals surface area contributed by atoms with Crippen molar-refractivity contribution >= 4 is 16.8 Å². The molecule has 0 saturated heterocycles. The van der Waals surface area contributed by atoms with E-state index < -0.39 is 11.2 Å². The van der Waals surface area contributed by atoms with Crippen molar-refractivity contribution in [1.82, 2.24) is 14.0 Å². The van der Waals surface area contributed by atoms with Crippen LogP contribution >= 0.6 is 0 Å². The van der Waals surface area contributed by atoms with Crippen LogP contribution in [0.5, 0.6) is 5.75 Å². The summed E-state index contributed by atoms with van der Waals surface area (Å²) in [5, 5.41) is 0.371. The number of hydrogen-bond donors (Lipinski definition) is 0. The number of aromatic nitrogens is 2. The summed E-state index contributed by atoms with van der Waals surface area (Å²) in [6.07, 6.45) is 0.821. The molecule has 1 heterocycles. The minimum atomic E-state index is -0.560. The number of fused-ring (bicyclic) bond motifs is 1. The van der Waals surface area contributed by atoms with Crippen molar-refractivity contribution in [1.29, 1.82) is 0 Å². The number of nitrogens with zero attached hydrogens (tertiary/aromatic N) is 3. The van der Waals surface area contributed by atoms with E-state index >= 15 is 0 Å². The molecule has 3 aromatic rings. The first-order valence-corrected chi connectivity index (χ1v) is 9.11. The molecule has 3 rings (SSSR count). The summed E-state index contributed by atoms with van der Waals surface area (Å²) >= 11 is 0. The molecule has 0 atom stereocenters. The number of carbonyl (C=O) groups excluding carboxylic acids is 1. The first kappa shape index (κ1) is 19.4. The predicted octanol–water partition coefficient (Wildman–Crippen LogP) is 2.03. The summed E-state index contributed by atoms with van der Waals surface area (Å²) in [7, 11) is 3.22. The highest BCUT2D eigenvalue weighted by atomic mass is 16.5. The maximum absolute atomic E-state index is 13.2. The largest absolute Gasteiger partial charge is 0.497 e. The maximum Gasteiger partial charge on any atom is 0.336 e. The molecule has 0 fully saturated rings. The first-order chi connectivity index (χ1) is 13.5. The lowest BCUT2D eigenvalue weighted by molar-refractivity contribution is -0.130. The van der Waals surface area contributed by atoms with Crippen molar-refractivity contribution in [2.75, 3.05) is 20.7 Å². The van der Waals surface area contributed by atoms with Gasteiger partial charge in [-0.2, -0.15) is 0 Å². The van der Waals surface area contributed by atoms with E-state index in [-0.39, 0.29) is 12.5 Å². The quantitative estimate of drug-likeness (QED) is 0.655. The van der Waals surface area contributed by atoms with Crippen molar-refractivity contribution in [3.63, 3.8) is 0 Å². The topological polar surface area (TPSA) is 73.5 Å². The Balaban J connectivity index is 2.25. The summed E-state index contributed by atoms with van der Waals surface area (Å²) in [6, 6.07) is 13.5. The lowest BCUT2D eigenvalue weighted by atomic mass is 10.2. The van der Waals surface area contributed by atoms with Crippen molar-refractivity contribution < 1.29 is 9.53 Å². The fraction of sp³-hybridized carbons (Fsp3) is 0.286. The van der Waals surface area contributed by atoms with Crippen molar-refractivity contribution in [3.05, 3.63) is 69.4 Å². The van der Waals surface area contributed by atoms with Gasteiger partial charge in [0.15, 0.2) is 0 Å². The molecule has 0 unspecified atom stereocenters. The molecule has 0 aliphatic rings. The summed E-state index contributed by atoms with van der Waals surface area (Å²) < 4.78 is 7.64. The average molecular weight is 381 g/mol. The molecule has 2 aromatic carbocycles. The summed E-state index contributed by atoms with van der Waals surface area (Å²) in [4.78, 5) is 40.4. The van der Waals surface area contributed by atoms with Gasteiger partial charge in [0.2, 0.25) is 5.91 Å². The highest BCUT2D eigenvalue weighted by molar-refractivity contribution is 5.81. The molecule has 7 heteroatoms. The van der Waals surface area contributed by atoms with Gasteiger partial charge >= 0.3 is 5.69 Å². The lowest BCUT2D eigenvalue weighted by Crippen LogP contribution is -2.42. The second kappa shape index (κ2) is 8.12. The summed E-state index contributed by atoms with van der Waals surface area (Å²) in [5.74, 6) is 0.340. The third-order valence-corrected chi connectivity index (χ3v) is 4.64. The van der Waals surface area contributed by atoms with Crippen LogP contribution in [0.3, 0.4) is 0 Å². The number of para-hydroxylation sites is 1.